The van der Waals surface area contributed by atoms with Crippen LogP contribution in [0.3, 0.4) is 0 Å². The summed E-state index contributed by atoms with van der Waals surface area (Å²) in [7, 11) is 0. The number of rotatable bonds is 3. The fourth-order valence-corrected chi connectivity index (χ4v) is 2.53. The van der Waals surface area contributed by atoms with Gasteiger partial charge in [0.2, 0.25) is 0 Å². The number of likely N-dealkylation sites (tertiary alicyclic amines) is 1. The average molecular weight is 199 g/mol. The van der Waals surface area contributed by atoms with Crippen molar-refractivity contribution in [3.63, 3.8) is 0 Å². The van der Waals surface area contributed by atoms with E-state index in [1.54, 1.807) is 0 Å². The highest BCUT2D eigenvalue weighted by Gasteiger charge is 2.28. The van der Waals surface area contributed by atoms with Crippen LogP contribution in [0, 0.1) is 17.8 Å². The molecule has 84 valence electrons. The normalized spacial score (nSPS) is 37.1. The average Bonchev–Trinajstić information content (AvgIpc) is 2.13. The molecule has 0 amide bonds. The lowest BCUT2D eigenvalue weighted by Gasteiger charge is -2.42. The van der Waals surface area contributed by atoms with E-state index < -0.39 is 0 Å². The Labute approximate surface area is 88.3 Å². The summed E-state index contributed by atoms with van der Waals surface area (Å²) < 4.78 is 0. The van der Waals surface area contributed by atoms with E-state index in [4.69, 9.17) is 5.11 Å². The van der Waals surface area contributed by atoms with Gasteiger partial charge in [-0.25, -0.2) is 0 Å². The quantitative estimate of drug-likeness (QED) is 0.751. The topological polar surface area (TPSA) is 23.5 Å². The van der Waals surface area contributed by atoms with Crippen LogP contribution in [0.4, 0.5) is 0 Å². The SMILES string of the molecule is CC(CO)CN1CC(C)CC(C)C1C. The number of piperidine rings is 1. The van der Waals surface area contributed by atoms with Crippen LogP contribution in [0.5, 0.6) is 0 Å². The summed E-state index contributed by atoms with van der Waals surface area (Å²) in [4.78, 5) is 2.54. The van der Waals surface area contributed by atoms with Gasteiger partial charge < -0.3 is 5.11 Å². The second-order valence-corrected chi connectivity index (χ2v) is 5.30. The summed E-state index contributed by atoms with van der Waals surface area (Å²) in [5.41, 5.74) is 0. The Morgan fingerprint density at radius 1 is 1.36 bits per heavy atom. The third kappa shape index (κ3) is 2.96. The Balaban J connectivity index is 2.49. The van der Waals surface area contributed by atoms with E-state index in [1.807, 2.05) is 0 Å². The molecule has 1 rings (SSSR count). The van der Waals surface area contributed by atoms with Crippen molar-refractivity contribution in [3.8, 4) is 0 Å². The van der Waals surface area contributed by atoms with Gasteiger partial charge in [0, 0.05) is 25.7 Å². The minimum atomic E-state index is 0.311. The molecule has 2 nitrogen and oxygen atoms in total. The molecule has 0 radical (unpaired) electrons. The van der Waals surface area contributed by atoms with Crippen LogP contribution >= 0.6 is 0 Å². The lowest BCUT2D eigenvalue weighted by molar-refractivity contribution is 0.0566. The monoisotopic (exact) mass is 199 g/mol. The van der Waals surface area contributed by atoms with E-state index in [0.717, 1.165) is 18.4 Å². The largest absolute Gasteiger partial charge is 0.396 e. The Morgan fingerprint density at radius 3 is 2.57 bits per heavy atom. The molecule has 0 spiro atoms. The molecule has 1 aliphatic heterocycles. The number of aliphatic hydroxyl groups is 1. The van der Waals surface area contributed by atoms with Crippen LogP contribution in [0.15, 0.2) is 0 Å². The van der Waals surface area contributed by atoms with Crippen molar-refractivity contribution in [3.05, 3.63) is 0 Å². The minimum absolute atomic E-state index is 0.311. The second-order valence-electron chi connectivity index (χ2n) is 5.30. The van der Waals surface area contributed by atoms with Gasteiger partial charge in [0.1, 0.15) is 0 Å². The van der Waals surface area contributed by atoms with E-state index >= 15 is 0 Å². The van der Waals surface area contributed by atoms with Gasteiger partial charge in [-0.15, -0.1) is 0 Å². The minimum Gasteiger partial charge on any atom is -0.396 e. The van der Waals surface area contributed by atoms with E-state index in [0.29, 0.717) is 18.6 Å². The molecule has 1 heterocycles. The Kier molecular flexibility index (Phi) is 4.39. The number of nitrogens with zero attached hydrogens (tertiary/aromatic N) is 1. The lowest BCUT2D eigenvalue weighted by Crippen LogP contribution is -2.47. The highest BCUT2D eigenvalue weighted by Crippen LogP contribution is 2.27. The van der Waals surface area contributed by atoms with Crippen molar-refractivity contribution in [2.45, 2.75) is 40.2 Å². The highest BCUT2D eigenvalue weighted by atomic mass is 16.3. The molecule has 14 heavy (non-hydrogen) atoms. The molecule has 0 bridgehead atoms. The van der Waals surface area contributed by atoms with Gasteiger partial charge in [0.05, 0.1) is 0 Å². The molecule has 4 atom stereocenters. The molecule has 1 N–H and O–H groups in total. The molecule has 0 aromatic carbocycles. The number of hydrogen-bond donors (Lipinski definition) is 1. The van der Waals surface area contributed by atoms with Gasteiger partial charge in [0.25, 0.3) is 0 Å². The fraction of sp³-hybridized carbons (Fsp3) is 1.00. The summed E-state index contributed by atoms with van der Waals surface area (Å²) in [6.45, 7) is 11.7. The second kappa shape index (κ2) is 5.13. The molecule has 1 aliphatic rings. The van der Waals surface area contributed by atoms with Gasteiger partial charge >= 0.3 is 0 Å². The summed E-state index contributed by atoms with van der Waals surface area (Å²) in [5, 5.41) is 9.06. The molecule has 0 aromatic heterocycles. The fourth-order valence-electron chi connectivity index (χ4n) is 2.53. The zero-order chi connectivity index (χ0) is 10.7. The summed E-state index contributed by atoms with van der Waals surface area (Å²) in [6.07, 6.45) is 1.35. The molecule has 0 aromatic rings. The number of hydrogen-bond acceptors (Lipinski definition) is 2. The Hall–Kier alpha value is -0.0800. The first kappa shape index (κ1) is 12.0. The maximum absolute atomic E-state index is 9.06. The van der Waals surface area contributed by atoms with E-state index in [9.17, 15) is 0 Å². The zero-order valence-electron chi connectivity index (χ0n) is 10.0. The van der Waals surface area contributed by atoms with Gasteiger partial charge in [-0.2, -0.15) is 0 Å². The molecule has 2 heteroatoms. The smallest absolute Gasteiger partial charge is 0.0468 e. The standard InChI is InChI=1S/C12H25NO/c1-9-5-11(3)12(4)13(6-9)7-10(2)8-14/h9-12,14H,5-8H2,1-4H3. The predicted octanol–water partition coefficient (Wildman–Crippen LogP) is 1.98. The van der Waals surface area contributed by atoms with Crippen molar-refractivity contribution >= 4 is 0 Å². The summed E-state index contributed by atoms with van der Waals surface area (Å²) in [5.74, 6) is 2.02. The molecule has 0 saturated carbocycles. The molecular formula is C12H25NO. The summed E-state index contributed by atoms with van der Waals surface area (Å²) >= 11 is 0. The van der Waals surface area contributed by atoms with Crippen molar-refractivity contribution in [1.29, 1.82) is 0 Å². The maximum atomic E-state index is 9.06. The first-order valence-corrected chi connectivity index (χ1v) is 5.89. The molecule has 4 unspecified atom stereocenters. The van der Waals surface area contributed by atoms with Gasteiger partial charge in [-0.3, -0.25) is 4.90 Å². The van der Waals surface area contributed by atoms with Crippen LogP contribution in [-0.4, -0.2) is 35.7 Å². The third-order valence-corrected chi connectivity index (χ3v) is 3.58. The zero-order valence-corrected chi connectivity index (χ0v) is 10.0. The van der Waals surface area contributed by atoms with Crippen molar-refractivity contribution in [1.82, 2.24) is 4.90 Å². The van der Waals surface area contributed by atoms with Crippen LogP contribution in [0.25, 0.3) is 0 Å². The summed E-state index contributed by atoms with van der Waals surface area (Å²) in [6, 6.07) is 0.681. The first-order chi connectivity index (χ1) is 6.54. The first-order valence-electron chi connectivity index (χ1n) is 5.89. The van der Waals surface area contributed by atoms with E-state index in [-0.39, 0.29) is 0 Å². The van der Waals surface area contributed by atoms with Crippen LogP contribution in [0.2, 0.25) is 0 Å². The molecular weight excluding hydrogens is 174 g/mol. The van der Waals surface area contributed by atoms with E-state index in [2.05, 4.69) is 32.6 Å². The van der Waals surface area contributed by atoms with Gasteiger partial charge in [-0.1, -0.05) is 20.8 Å². The lowest BCUT2D eigenvalue weighted by atomic mass is 9.85. The van der Waals surface area contributed by atoms with Crippen LogP contribution < -0.4 is 0 Å². The number of aliphatic hydroxyl groups excluding tert-OH is 1. The highest BCUT2D eigenvalue weighted by molar-refractivity contribution is 4.82. The van der Waals surface area contributed by atoms with Crippen molar-refractivity contribution < 1.29 is 5.11 Å². The predicted molar refractivity (Wildman–Crippen MR) is 60.2 cm³/mol. The molecule has 1 saturated heterocycles. The maximum Gasteiger partial charge on any atom is 0.0468 e. The van der Waals surface area contributed by atoms with Gasteiger partial charge in [0.15, 0.2) is 0 Å². The van der Waals surface area contributed by atoms with Crippen LogP contribution in [-0.2, 0) is 0 Å². The Morgan fingerprint density at radius 2 is 2.00 bits per heavy atom. The van der Waals surface area contributed by atoms with Crippen molar-refractivity contribution in [2.24, 2.45) is 17.8 Å². The van der Waals surface area contributed by atoms with Crippen LogP contribution in [0.1, 0.15) is 34.1 Å². The van der Waals surface area contributed by atoms with Crippen molar-refractivity contribution in [2.75, 3.05) is 19.7 Å². The Bertz CT molecular complexity index is 172. The van der Waals surface area contributed by atoms with Gasteiger partial charge in [-0.05, 0) is 31.1 Å². The van der Waals surface area contributed by atoms with E-state index in [1.165, 1.54) is 13.0 Å². The molecule has 0 aliphatic carbocycles. The third-order valence-electron chi connectivity index (χ3n) is 3.58. The molecule has 1 fully saturated rings.